The number of nitrogens with one attached hydrogen (secondary N) is 1. The number of hydrogen-bond donors (Lipinski definition) is 1. The monoisotopic (exact) mass is 273 g/mol. The summed E-state index contributed by atoms with van der Waals surface area (Å²) in [6, 6.07) is 5.89. The maximum absolute atomic E-state index is 12.3. The van der Waals surface area contributed by atoms with E-state index in [1.807, 2.05) is 18.2 Å². The first-order valence-electron chi connectivity index (χ1n) is 7.80. The summed E-state index contributed by atoms with van der Waals surface area (Å²) in [7, 11) is 0. The number of rotatable bonds is 2. The van der Waals surface area contributed by atoms with Crippen molar-refractivity contribution in [2.75, 3.05) is 11.9 Å². The zero-order chi connectivity index (χ0) is 13.9. The minimum atomic E-state index is -0.155. The third kappa shape index (κ3) is 2.97. The summed E-state index contributed by atoms with van der Waals surface area (Å²) < 4.78 is 5.68. The average molecular weight is 273 g/mol. The van der Waals surface area contributed by atoms with Crippen molar-refractivity contribution >= 4 is 11.7 Å². The quantitative estimate of drug-likeness (QED) is 0.833. The van der Waals surface area contributed by atoms with Gasteiger partial charge in [0.05, 0.1) is 5.56 Å². The molecule has 1 aliphatic carbocycles. The molecule has 0 bridgehead atoms. The van der Waals surface area contributed by atoms with Gasteiger partial charge in [-0.2, -0.15) is 0 Å². The van der Waals surface area contributed by atoms with E-state index < -0.39 is 0 Å². The number of carbonyl (C=O) groups excluding carboxylic acids is 1. The Bertz CT molecular complexity index is 498. The molecule has 2 unspecified atom stereocenters. The molecule has 3 heteroatoms. The molecule has 3 nitrogen and oxygen atoms in total. The van der Waals surface area contributed by atoms with Gasteiger partial charge in [-0.05, 0) is 61.8 Å². The van der Waals surface area contributed by atoms with Crippen molar-refractivity contribution in [3.05, 3.63) is 29.3 Å². The van der Waals surface area contributed by atoms with Gasteiger partial charge in [0.1, 0.15) is 6.10 Å². The fourth-order valence-corrected chi connectivity index (χ4v) is 3.31. The first-order valence-corrected chi connectivity index (χ1v) is 7.80. The fourth-order valence-electron chi connectivity index (χ4n) is 3.31. The van der Waals surface area contributed by atoms with Crippen LogP contribution in [-0.4, -0.2) is 18.6 Å². The minimum Gasteiger partial charge on any atom is -0.459 e. The maximum atomic E-state index is 12.3. The molecule has 0 saturated heterocycles. The summed E-state index contributed by atoms with van der Waals surface area (Å²) in [6.07, 6.45) is 6.75. The normalized spacial score (nSPS) is 25.4. The predicted octanol–water partition coefficient (Wildman–Crippen LogP) is 3.78. The van der Waals surface area contributed by atoms with Crippen LogP contribution in [0.2, 0.25) is 0 Å². The highest BCUT2D eigenvalue weighted by Gasteiger charge is 2.23. The van der Waals surface area contributed by atoms with Crippen molar-refractivity contribution in [2.45, 2.75) is 51.6 Å². The van der Waals surface area contributed by atoms with E-state index in [1.165, 1.54) is 24.1 Å². The summed E-state index contributed by atoms with van der Waals surface area (Å²) in [4.78, 5) is 12.3. The number of anilines is 1. The molecule has 1 N–H and O–H groups in total. The molecule has 0 radical (unpaired) electrons. The Morgan fingerprint density at radius 3 is 3.05 bits per heavy atom. The summed E-state index contributed by atoms with van der Waals surface area (Å²) in [5.41, 5.74) is 3.10. The number of hydrogen-bond acceptors (Lipinski definition) is 3. The van der Waals surface area contributed by atoms with Crippen LogP contribution in [0.25, 0.3) is 0 Å². The number of fused-ring (bicyclic) bond motifs is 1. The number of ether oxygens (including phenoxy) is 1. The Morgan fingerprint density at radius 1 is 1.30 bits per heavy atom. The number of benzene rings is 1. The Labute approximate surface area is 120 Å². The highest BCUT2D eigenvalue weighted by molar-refractivity contribution is 5.90. The van der Waals surface area contributed by atoms with Gasteiger partial charge in [-0.1, -0.05) is 13.3 Å². The van der Waals surface area contributed by atoms with Gasteiger partial charge in [0, 0.05) is 12.2 Å². The standard InChI is InChI=1S/C17H23NO2/c1-12-4-2-6-15(10-12)20-17(19)14-7-8-16-13(11-14)5-3-9-18-16/h7-8,11-12,15,18H,2-6,9-10H2,1H3. The second-order valence-electron chi connectivity index (χ2n) is 6.20. The largest absolute Gasteiger partial charge is 0.459 e. The van der Waals surface area contributed by atoms with Crippen molar-refractivity contribution in [2.24, 2.45) is 5.92 Å². The molecule has 0 aromatic heterocycles. The molecular weight excluding hydrogens is 250 g/mol. The molecule has 1 saturated carbocycles. The molecule has 0 amide bonds. The van der Waals surface area contributed by atoms with E-state index in [-0.39, 0.29) is 12.1 Å². The highest BCUT2D eigenvalue weighted by atomic mass is 16.5. The van der Waals surface area contributed by atoms with Crippen molar-refractivity contribution < 1.29 is 9.53 Å². The van der Waals surface area contributed by atoms with Crippen LogP contribution in [0.3, 0.4) is 0 Å². The minimum absolute atomic E-state index is 0.111. The second-order valence-corrected chi connectivity index (χ2v) is 6.20. The molecule has 2 aliphatic rings. The number of aryl methyl sites for hydroxylation is 1. The Balaban J connectivity index is 1.67. The molecule has 1 aromatic rings. The topological polar surface area (TPSA) is 38.3 Å². The van der Waals surface area contributed by atoms with E-state index >= 15 is 0 Å². The van der Waals surface area contributed by atoms with Crippen LogP contribution in [-0.2, 0) is 11.2 Å². The molecule has 20 heavy (non-hydrogen) atoms. The van der Waals surface area contributed by atoms with E-state index in [0.29, 0.717) is 11.5 Å². The lowest BCUT2D eigenvalue weighted by atomic mass is 9.88. The third-order valence-corrected chi connectivity index (χ3v) is 4.44. The molecule has 108 valence electrons. The van der Waals surface area contributed by atoms with Gasteiger partial charge in [0.25, 0.3) is 0 Å². The highest BCUT2D eigenvalue weighted by Crippen LogP contribution is 2.27. The summed E-state index contributed by atoms with van der Waals surface area (Å²) in [5.74, 6) is 0.520. The van der Waals surface area contributed by atoms with Gasteiger partial charge in [-0.3, -0.25) is 0 Å². The summed E-state index contributed by atoms with van der Waals surface area (Å²) in [6.45, 7) is 3.27. The van der Waals surface area contributed by atoms with Crippen LogP contribution in [0.1, 0.15) is 54.9 Å². The Morgan fingerprint density at radius 2 is 2.20 bits per heavy atom. The smallest absolute Gasteiger partial charge is 0.338 e. The first kappa shape index (κ1) is 13.5. The first-order chi connectivity index (χ1) is 9.72. The number of carbonyl (C=O) groups is 1. The molecule has 1 heterocycles. The van der Waals surface area contributed by atoms with Crippen LogP contribution in [0, 0.1) is 5.92 Å². The van der Waals surface area contributed by atoms with Crippen molar-refractivity contribution in [1.29, 1.82) is 0 Å². The van der Waals surface area contributed by atoms with E-state index in [1.54, 1.807) is 0 Å². The zero-order valence-corrected chi connectivity index (χ0v) is 12.2. The van der Waals surface area contributed by atoms with Crippen molar-refractivity contribution in [1.82, 2.24) is 0 Å². The van der Waals surface area contributed by atoms with E-state index in [0.717, 1.165) is 32.2 Å². The molecule has 1 aliphatic heterocycles. The van der Waals surface area contributed by atoms with Crippen LogP contribution in [0.4, 0.5) is 5.69 Å². The van der Waals surface area contributed by atoms with Gasteiger partial charge in [-0.15, -0.1) is 0 Å². The van der Waals surface area contributed by atoms with Gasteiger partial charge < -0.3 is 10.1 Å². The molecule has 1 aromatic carbocycles. The fraction of sp³-hybridized carbons (Fsp3) is 0.588. The lowest BCUT2D eigenvalue weighted by Crippen LogP contribution is -2.24. The average Bonchev–Trinajstić information content (AvgIpc) is 2.47. The van der Waals surface area contributed by atoms with Crippen molar-refractivity contribution in [3.63, 3.8) is 0 Å². The Kier molecular flexibility index (Phi) is 3.95. The molecule has 1 fully saturated rings. The van der Waals surface area contributed by atoms with E-state index in [2.05, 4.69) is 12.2 Å². The second kappa shape index (κ2) is 5.86. The van der Waals surface area contributed by atoms with Crippen LogP contribution >= 0.6 is 0 Å². The third-order valence-electron chi connectivity index (χ3n) is 4.44. The molecule has 2 atom stereocenters. The van der Waals surface area contributed by atoms with Gasteiger partial charge in [0.15, 0.2) is 0 Å². The van der Waals surface area contributed by atoms with E-state index in [4.69, 9.17) is 4.74 Å². The lowest BCUT2D eigenvalue weighted by Gasteiger charge is -2.26. The lowest BCUT2D eigenvalue weighted by molar-refractivity contribution is 0.0155. The Hall–Kier alpha value is -1.51. The van der Waals surface area contributed by atoms with Crippen LogP contribution < -0.4 is 5.32 Å². The predicted molar refractivity (Wildman–Crippen MR) is 80.1 cm³/mol. The van der Waals surface area contributed by atoms with Gasteiger partial charge in [-0.25, -0.2) is 4.79 Å². The maximum Gasteiger partial charge on any atom is 0.338 e. The summed E-state index contributed by atoms with van der Waals surface area (Å²) in [5, 5.41) is 3.36. The summed E-state index contributed by atoms with van der Waals surface area (Å²) >= 11 is 0. The van der Waals surface area contributed by atoms with Crippen LogP contribution in [0.15, 0.2) is 18.2 Å². The SMILES string of the molecule is CC1CCCC(OC(=O)c2ccc3c(c2)CCCN3)C1. The van der Waals surface area contributed by atoms with Gasteiger partial charge in [0.2, 0.25) is 0 Å². The van der Waals surface area contributed by atoms with Crippen molar-refractivity contribution in [3.8, 4) is 0 Å². The van der Waals surface area contributed by atoms with Gasteiger partial charge >= 0.3 is 5.97 Å². The van der Waals surface area contributed by atoms with Crippen LogP contribution in [0.5, 0.6) is 0 Å². The van der Waals surface area contributed by atoms with E-state index in [9.17, 15) is 4.79 Å². The zero-order valence-electron chi connectivity index (χ0n) is 12.2. The number of esters is 1. The molecular formula is C17H23NO2. The molecule has 0 spiro atoms. The molecule has 3 rings (SSSR count).